The molecule has 2 aromatic carbocycles. The summed E-state index contributed by atoms with van der Waals surface area (Å²) in [5, 5.41) is 10.0. The molecule has 51 heavy (non-hydrogen) atoms. The summed E-state index contributed by atoms with van der Waals surface area (Å²) in [5.41, 5.74) is 0.793. The third-order valence-corrected chi connectivity index (χ3v) is 8.47. The number of hydrogen-bond donors (Lipinski definition) is 4. The number of halogens is 4. The van der Waals surface area contributed by atoms with E-state index in [1.54, 1.807) is 45.0 Å². The van der Waals surface area contributed by atoms with Crippen molar-refractivity contribution < 1.29 is 46.6 Å². The Morgan fingerprint density at radius 3 is 1.94 bits per heavy atom. The second-order valence-electron chi connectivity index (χ2n) is 12.8. The van der Waals surface area contributed by atoms with Crippen LogP contribution in [0.3, 0.4) is 0 Å². The second-order valence-corrected chi connectivity index (χ2v) is 14.5. The standard InChI is InChI=1S/C35H40ClF3N4O7S/c1-19(2)27(29(44)35(37,38)39)42-32(47)28(22-11-13-23(49-6)14-12-22)43-30(45)24(41-31(46)25-15-16-26(36)51-25)17-20-7-9-21(10-8-20)18-40-33(48)50-34(3,4)5/h7-16,19,24,27-28H,17-18H2,1-6H3,(H,40,48)(H,41,46)(H,42,47)(H,43,45). The highest BCUT2D eigenvalue weighted by atomic mass is 35.5. The van der Waals surface area contributed by atoms with Gasteiger partial charge in [0.25, 0.3) is 11.7 Å². The van der Waals surface area contributed by atoms with E-state index < -0.39 is 65.4 Å². The van der Waals surface area contributed by atoms with Crippen molar-refractivity contribution in [2.75, 3.05) is 7.11 Å². The van der Waals surface area contributed by atoms with E-state index in [-0.39, 0.29) is 23.4 Å². The summed E-state index contributed by atoms with van der Waals surface area (Å²) >= 11 is 6.99. The monoisotopic (exact) mass is 752 g/mol. The zero-order chi connectivity index (χ0) is 38.1. The molecule has 0 saturated heterocycles. The van der Waals surface area contributed by atoms with Crippen molar-refractivity contribution in [3.8, 4) is 5.75 Å². The Labute approximate surface area is 302 Å². The van der Waals surface area contributed by atoms with Gasteiger partial charge in [0.05, 0.1) is 22.4 Å². The number of alkyl carbamates (subject to hydrolysis) is 1. The third-order valence-electron chi connectivity index (χ3n) is 7.24. The van der Waals surface area contributed by atoms with Crippen molar-refractivity contribution in [1.82, 2.24) is 21.3 Å². The van der Waals surface area contributed by atoms with Crippen LogP contribution >= 0.6 is 22.9 Å². The van der Waals surface area contributed by atoms with E-state index in [2.05, 4.69) is 21.3 Å². The third kappa shape index (κ3) is 12.6. The Hall–Kier alpha value is -4.63. The first-order valence-corrected chi connectivity index (χ1v) is 16.9. The lowest BCUT2D eigenvalue weighted by molar-refractivity contribution is -0.175. The van der Waals surface area contributed by atoms with Crippen molar-refractivity contribution in [3.63, 3.8) is 0 Å². The highest BCUT2D eigenvalue weighted by molar-refractivity contribution is 7.18. The number of ketones is 1. The lowest BCUT2D eigenvalue weighted by atomic mass is 9.97. The van der Waals surface area contributed by atoms with Gasteiger partial charge < -0.3 is 30.7 Å². The largest absolute Gasteiger partial charge is 0.497 e. The van der Waals surface area contributed by atoms with Gasteiger partial charge in [0, 0.05) is 13.0 Å². The van der Waals surface area contributed by atoms with Gasteiger partial charge in [0.1, 0.15) is 23.4 Å². The zero-order valence-corrected chi connectivity index (χ0v) is 30.3. The molecule has 0 aliphatic heterocycles. The summed E-state index contributed by atoms with van der Waals surface area (Å²) < 4.78 is 51.0. The zero-order valence-electron chi connectivity index (χ0n) is 28.8. The molecule has 1 aromatic heterocycles. The van der Waals surface area contributed by atoms with Crippen molar-refractivity contribution in [3.05, 3.63) is 86.6 Å². The molecule has 4 N–H and O–H groups in total. The number of benzene rings is 2. The smallest absolute Gasteiger partial charge is 0.452 e. The number of ether oxygens (including phenoxy) is 2. The fourth-order valence-electron chi connectivity index (χ4n) is 4.68. The molecule has 4 amide bonds. The first kappa shape index (κ1) is 40.8. The summed E-state index contributed by atoms with van der Waals surface area (Å²) in [6.07, 6.45) is -5.89. The molecular weight excluding hydrogens is 713 g/mol. The van der Waals surface area contributed by atoms with E-state index in [4.69, 9.17) is 21.1 Å². The van der Waals surface area contributed by atoms with Crippen LogP contribution in [0.1, 0.15) is 67.0 Å². The first-order chi connectivity index (χ1) is 23.8. The minimum Gasteiger partial charge on any atom is -0.497 e. The van der Waals surface area contributed by atoms with Gasteiger partial charge in [-0.2, -0.15) is 13.2 Å². The summed E-state index contributed by atoms with van der Waals surface area (Å²) in [4.78, 5) is 65.2. The van der Waals surface area contributed by atoms with Gasteiger partial charge in [-0.15, -0.1) is 11.3 Å². The molecular formula is C35H40ClF3N4O7S. The lowest BCUT2D eigenvalue weighted by Gasteiger charge is -2.27. The molecule has 16 heteroatoms. The predicted octanol–water partition coefficient (Wildman–Crippen LogP) is 5.91. The number of carbonyl (C=O) groups excluding carboxylic acids is 5. The molecule has 0 spiro atoms. The molecule has 1 heterocycles. The first-order valence-electron chi connectivity index (χ1n) is 15.7. The minimum atomic E-state index is -5.22. The van der Waals surface area contributed by atoms with Crippen LogP contribution in [0.2, 0.25) is 4.34 Å². The van der Waals surface area contributed by atoms with E-state index in [1.165, 1.54) is 57.4 Å². The van der Waals surface area contributed by atoms with E-state index in [1.807, 2.05) is 0 Å². The fraction of sp³-hybridized carbons (Fsp3) is 0.400. The average Bonchev–Trinajstić information content (AvgIpc) is 3.50. The van der Waals surface area contributed by atoms with Crippen LogP contribution in [0.5, 0.6) is 5.75 Å². The van der Waals surface area contributed by atoms with E-state index >= 15 is 0 Å². The van der Waals surface area contributed by atoms with Gasteiger partial charge in [0.15, 0.2) is 0 Å². The van der Waals surface area contributed by atoms with Gasteiger partial charge in [0.2, 0.25) is 11.8 Å². The highest BCUT2D eigenvalue weighted by Gasteiger charge is 2.45. The van der Waals surface area contributed by atoms with Crippen molar-refractivity contribution in [2.24, 2.45) is 5.92 Å². The van der Waals surface area contributed by atoms with E-state index in [9.17, 15) is 37.1 Å². The Morgan fingerprint density at radius 2 is 1.43 bits per heavy atom. The number of thiophene rings is 1. The van der Waals surface area contributed by atoms with Crippen LogP contribution in [0.15, 0.2) is 60.7 Å². The number of nitrogens with one attached hydrogen (secondary N) is 4. The molecule has 0 radical (unpaired) electrons. The molecule has 3 aromatic rings. The summed E-state index contributed by atoms with van der Waals surface area (Å²) in [6.45, 7) is 8.06. The van der Waals surface area contributed by atoms with Gasteiger partial charge in [-0.05, 0) is 67.6 Å². The predicted molar refractivity (Wildman–Crippen MR) is 186 cm³/mol. The van der Waals surface area contributed by atoms with Crippen molar-refractivity contribution in [2.45, 2.75) is 77.5 Å². The SMILES string of the molecule is COc1ccc(C(NC(=O)C(Cc2ccc(CNC(=O)OC(C)(C)C)cc2)NC(=O)c2ccc(Cl)s2)C(=O)NC(C(=O)C(F)(F)F)C(C)C)cc1. The number of rotatable bonds is 14. The van der Waals surface area contributed by atoms with E-state index in [0.717, 1.165) is 11.3 Å². The van der Waals surface area contributed by atoms with Crippen LogP contribution in [-0.2, 0) is 32.1 Å². The Morgan fingerprint density at radius 1 is 0.824 bits per heavy atom. The highest BCUT2D eigenvalue weighted by Crippen LogP contribution is 2.24. The Kier molecular flexibility index (Phi) is 14.0. The molecule has 3 unspecified atom stereocenters. The van der Waals surface area contributed by atoms with Gasteiger partial charge in [-0.1, -0.05) is 61.8 Å². The van der Waals surface area contributed by atoms with Gasteiger partial charge in [-0.3, -0.25) is 19.2 Å². The maximum Gasteiger partial charge on any atom is 0.452 e. The van der Waals surface area contributed by atoms with E-state index in [0.29, 0.717) is 21.2 Å². The number of hydrogen-bond acceptors (Lipinski definition) is 8. The number of Topliss-reactive ketones (excluding diaryl/α,β-unsaturated/α-hetero) is 1. The average molecular weight is 753 g/mol. The molecule has 0 saturated carbocycles. The van der Waals surface area contributed by atoms with Crippen LogP contribution in [0.25, 0.3) is 0 Å². The lowest BCUT2D eigenvalue weighted by Crippen LogP contribution is -2.55. The molecule has 3 rings (SSSR count). The fourth-order valence-corrected chi connectivity index (χ4v) is 5.63. The van der Waals surface area contributed by atoms with Crippen LogP contribution < -0.4 is 26.0 Å². The quantitative estimate of drug-likeness (QED) is 0.160. The molecule has 0 aliphatic rings. The molecule has 0 bridgehead atoms. The maximum absolute atomic E-state index is 13.9. The second kappa shape index (κ2) is 17.5. The van der Waals surface area contributed by atoms with Crippen molar-refractivity contribution in [1.29, 1.82) is 0 Å². The molecule has 0 fully saturated rings. The van der Waals surface area contributed by atoms with Crippen LogP contribution in [0, 0.1) is 5.92 Å². The van der Waals surface area contributed by atoms with Gasteiger partial charge >= 0.3 is 12.3 Å². The number of alkyl halides is 3. The normalized spacial score (nSPS) is 13.4. The summed E-state index contributed by atoms with van der Waals surface area (Å²) in [6, 6.07) is 10.8. The Bertz CT molecular complexity index is 1690. The molecule has 276 valence electrons. The van der Waals surface area contributed by atoms with Gasteiger partial charge in [-0.25, -0.2) is 4.79 Å². The topological polar surface area (TPSA) is 152 Å². The summed E-state index contributed by atoms with van der Waals surface area (Å²) in [7, 11) is 1.41. The van der Waals surface area contributed by atoms with Crippen molar-refractivity contribution >= 4 is 52.5 Å². The Balaban J connectivity index is 1.91. The van der Waals surface area contributed by atoms with Crippen LogP contribution in [0.4, 0.5) is 18.0 Å². The molecule has 0 aliphatic carbocycles. The minimum absolute atomic E-state index is 0.0748. The molecule has 3 atom stereocenters. The maximum atomic E-state index is 13.9. The van der Waals surface area contributed by atoms with Crippen LogP contribution in [-0.4, -0.2) is 60.6 Å². The molecule has 11 nitrogen and oxygen atoms in total. The number of methoxy groups -OCH3 is 1. The number of amides is 4. The number of carbonyl (C=O) groups is 5. The summed E-state index contributed by atoms with van der Waals surface area (Å²) in [5.74, 6) is -5.24.